The first-order valence-electron chi connectivity index (χ1n) is 4.93. The van der Waals surface area contributed by atoms with Crippen molar-refractivity contribution < 1.29 is 4.74 Å². The smallest absolute Gasteiger partial charge is 0.127 e. The van der Waals surface area contributed by atoms with E-state index in [1.165, 1.54) is 0 Å². The zero-order valence-electron chi connectivity index (χ0n) is 8.68. The lowest BCUT2D eigenvalue weighted by atomic mass is 10.2. The predicted molar refractivity (Wildman–Crippen MR) is 64.0 cm³/mol. The van der Waals surface area contributed by atoms with Crippen LogP contribution in [-0.4, -0.2) is 5.84 Å². The van der Waals surface area contributed by atoms with Gasteiger partial charge in [-0.3, -0.25) is 5.41 Å². The van der Waals surface area contributed by atoms with E-state index in [0.29, 0.717) is 5.56 Å². The zero-order valence-corrected chi connectivity index (χ0v) is 8.68. The van der Waals surface area contributed by atoms with Crippen LogP contribution in [0.2, 0.25) is 0 Å². The summed E-state index contributed by atoms with van der Waals surface area (Å²) in [6.45, 7) is 0. The van der Waals surface area contributed by atoms with E-state index in [2.05, 4.69) is 0 Å². The maximum Gasteiger partial charge on any atom is 0.127 e. The number of nitrogens with one attached hydrogen (secondary N) is 1. The van der Waals surface area contributed by atoms with Gasteiger partial charge in [0.1, 0.15) is 17.3 Å². The second kappa shape index (κ2) is 4.49. The predicted octanol–water partition coefficient (Wildman–Crippen LogP) is 2.76. The summed E-state index contributed by atoms with van der Waals surface area (Å²) in [5.41, 5.74) is 6.05. The molecule has 0 atom stereocenters. The number of nitrogens with two attached hydrogens (primary N) is 1. The van der Waals surface area contributed by atoms with Gasteiger partial charge in [-0.05, 0) is 36.4 Å². The molecule has 3 N–H and O–H groups in total. The van der Waals surface area contributed by atoms with Crippen molar-refractivity contribution in [2.45, 2.75) is 0 Å². The second-order valence-corrected chi connectivity index (χ2v) is 3.35. The van der Waals surface area contributed by atoms with E-state index in [4.69, 9.17) is 15.9 Å². The van der Waals surface area contributed by atoms with Crippen molar-refractivity contribution in [3.63, 3.8) is 0 Å². The highest BCUT2D eigenvalue weighted by atomic mass is 16.5. The molecular formula is C13H12N2O. The van der Waals surface area contributed by atoms with Crippen molar-refractivity contribution in [3.8, 4) is 11.5 Å². The highest BCUT2D eigenvalue weighted by molar-refractivity contribution is 5.94. The standard InChI is InChI=1S/C13H12N2O/c14-13(15)10-6-8-12(9-7-10)16-11-4-2-1-3-5-11/h1-9H,(H3,14,15). The van der Waals surface area contributed by atoms with Crippen LogP contribution in [0.3, 0.4) is 0 Å². The number of para-hydroxylation sites is 1. The van der Waals surface area contributed by atoms with Gasteiger partial charge in [0.2, 0.25) is 0 Å². The molecule has 0 amide bonds. The Balaban J connectivity index is 2.14. The molecule has 0 fully saturated rings. The Morgan fingerprint density at radius 1 is 0.875 bits per heavy atom. The van der Waals surface area contributed by atoms with Crippen LogP contribution in [0.25, 0.3) is 0 Å². The molecule has 0 spiro atoms. The molecule has 0 aromatic heterocycles. The number of hydrogen-bond acceptors (Lipinski definition) is 2. The molecule has 0 unspecified atom stereocenters. The molecule has 0 aliphatic carbocycles. The van der Waals surface area contributed by atoms with Gasteiger partial charge >= 0.3 is 0 Å². The fourth-order valence-corrected chi connectivity index (χ4v) is 1.33. The molecule has 0 radical (unpaired) electrons. The van der Waals surface area contributed by atoms with Gasteiger partial charge in [0.15, 0.2) is 0 Å². The second-order valence-electron chi connectivity index (χ2n) is 3.35. The van der Waals surface area contributed by atoms with Crippen molar-refractivity contribution in [3.05, 3.63) is 60.2 Å². The Hall–Kier alpha value is -2.29. The van der Waals surface area contributed by atoms with Crippen LogP contribution in [0, 0.1) is 5.41 Å². The van der Waals surface area contributed by atoms with Crippen LogP contribution in [0.15, 0.2) is 54.6 Å². The van der Waals surface area contributed by atoms with Gasteiger partial charge < -0.3 is 10.5 Å². The van der Waals surface area contributed by atoms with Gasteiger partial charge in [-0.15, -0.1) is 0 Å². The van der Waals surface area contributed by atoms with E-state index in [-0.39, 0.29) is 5.84 Å². The number of rotatable bonds is 3. The normalized spacial score (nSPS) is 9.75. The molecule has 3 heteroatoms. The number of benzene rings is 2. The van der Waals surface area contributed by atoms with Crippen molar-refractivity contribution >= 4 is 5.84 Å². The third-order valence-electron chi connectivity index (χ3n) is 2.14. The molecular weight excluding hydrogens is 200 g/mol. The maximum absolute atomic E-state index is 7.26. The number of nitrogen functional groups attached to an aromatic ring is 1. The summed E-state index contributed by atoms with van der Waals surface area (Å²) >= 11 is 0. The van der Waals surface area contributed by atoms with Crippen LogP contribution in [0.1, 0.15) is 5.56 Å². The molecule has 80 valence electrons. The lowest BCUT2D eigenvalue weighted by Crippen LogP contribution is -2.10. The fourth-order valence-electron chi connectivity index (χ4n) is 1.33. The summed E-state index contributed by atoms with van der Waals surface area (Å²) in [6.07, 6.45) is 0. The first kappa shape index (κ1) is 10.2. The Morgan fingerprint density at radius 3 is 2.00 bits per heavy atom. The third-order valence-corrected chi connectivity index (χ3v) is 2.14. The van der Waals surface area contributed by atoms with Crippen LogP contribution >= 0.6 is 0 Å². The average Bonchev–Trinajstić information content (AvgIpc) is 2.31. The van der Waals surface area contributed by atoms with Crippen molar-refractivity contribution in [2.24, 2.45) is 5.73 Å². The minimum absolute atomic E-state index is 0.0614. The van der Waals surface area contributed by atoms with E-state index in [1.807, 2.05) is 30.3 Å². The van der Waals surface area contributed by atoms with Crippen LogP contribution < -0.4 is 10.5 Å². The SMILES string of the molecule is N=C(N)c1ccc(Oc2ccccc2)cc1. The Labute approximate surface area is 94.0 Å². The molecule has 0 aliphatic heterocycles. The Morgan fingerprint density at radius 2 is 1.44 bits per heavy atom. The molecule has 0 heterocycles. The zero-order chi connectivity index (χ0) is 11.4. The van der Waals surface area contributed by atoms with Crippen molar-refractivity contribution in [2.75, 3.05) is 0 Å². The van der Waals surface area contributed by atoms with Crippen LogP contribution in [-0.2, 0) is 0 Å². The highest BCUT2D eigenvalue weighted by Gasteiger charge is 1.98. The molecule has 16 heavy (non-hydrogen) atoms. The molecule has 0 aliphatic rings. The molecule has 0 saturated heterocycles. The van der Waals surface area contributed by atoms with Crippen molar-refractivity contribution in [1.29, 1.82) is 5.41 Å². The topological polar surface area (TPSA) is 59.1 Å². The third kappa shape index (κ3) is 2.39. The lowest BCUT2D eigenvalue weighted by Gasteiger charge is -2.05. The summed E-state index contributed by atoms with van der Waals surface area (Å²) in [5, 5.41) is 7.26. The summed E-state index contributed by atoms with van der Waals surface area (Å²) in [4.78, 5) is 0. The summed E-state index contributed by atoms with van der Waals surface area (Å²) in [6, 6.07) is 16.7. The average molecular weight is 212 g/mol. The van der Waals surface area contributed by atoms with E-state index in [1.54, 1.807) is 24.3 Å². The Bertz CT molecular complexity index is 477. The first-order valence-corrected chi connectivity index (χ1v) is 4.93. The fraction of sp³-hybridized carbons (Fsp3) is 0. The van der Waals surface area contributed by atoms with Crippen molar-refractivity contribution in [1.82, 2.24) is 0 Å². The number of ether oxygens (including phenoxy) is 1. The summed E-state index contributed by atoms with van der Waals surface area (Å²) in [5.74, 6) is 1.58. The van der Waals surface area contributed by atoms with Gasteiger partial charge in [0.25, 0.3) is 0 Å². The molecule has 2 aromatic rings. The van der Waals surface area contributed by atoms with Gasteiger partial charge in [-0.25, -0.2) is 0 Å². The van der Waals surface area contributed by atoms with E-state index >= 15 is 0 Å². The quantitative estimate of drug-likeness (QED) is 0.607. The number of hydrogen-bond donors (Lipinski definition) is 2. The summed E-state index contributed by atoms with van der Waals surface area (Å²) < 4.78 is 5.60. The van der Waals surface area contributed by atoms with E-state index in [9.17, 15) is 0 Å². The lowest BCUT2D eigenvalue weighted by molar-refractivity contribution is 0.482. The molecule has 0 saturated carbocycles. The Kier molecular flexibility index (Phi) is 2.87. The molecule has 3 nitrogen and oxygen atoms in total. The van der Waals surface area contributed by atoms with Gasteiger partial charge in [-0.2, -0.15) is 0 Å². The minimum atomic E-state index is 0.0614. The van der Waals surface area contributed by atoms with Gasteiger partial charge in [-0.1, -0.05) is 18.2 Å². The number of amidine groups is 1. The first-order chi connectivity index (χ1) is 7.75. The van der Waals surface area contributed by atoms with Gasteiger partial charge in [0.05, 0.1) is 0 Å². The molecule has 2 rings (SSSR count). The minimum Gasteiger partial charge on any atom is -0.457 e. The molecule has 0 bridgehead atoms. The highest BCUT2D eigenvalue weighted by Crippen LogP contribution is 2.20. The molecule has 2 aromatic carbocycles. The maximum atomic E-state index is 7.26. The largest absolute Gasteiger partial charge is 0.457 e. The monoisotopic (exact) mass is 212 g/mol. The van der Waals surface area contributed by atoms with Crippen LogP contribution in [0.4, 0.5) is 0 Å². The van der Waals surface area contributed by atoms with Crippen LogP contribution in [0.5, 0.6) is 11.5 Å². The van der Waals surface area contributed by atoms with E-state index in [0.717, 1.165) is 11.5 Å². The van der Waals surface area contributed by atoms with E-state index < -0.39 is 0 Å². The summed E-state index contributed by atoms with van der Waals surface area (Å²) in [7, 11) is 0. The van der Waals surface area contributed by atoms with Gasteiger partial charge in [0, 0.05) is 5.56 Å².